The summed E-state index contributed by atoms with van der Waals surface area (Å²) in [5.41, 5.74) is 7.62. The van der Waals surface area contributed by atoms with Crippen LogP contribution in [0.2, 0.25) is 0 Å². The molecule has 4 aliphatic rings. The quantitative estimate of drug-likeness (QED) is 0.271. The molecule has 0 aromatic heterocycles. The summed E-state index contributed by atoms with van der Waals surface area (Å²) in [6.07, 6.45) is 17.0. The van der Waals surface area contributed by atoms with Crippen LogP contribution >= 0.6 is 0 Å². The molecule has 226 valence electrons. The number of rotatable bonds is 7. The van der Waals surface area contributed by atoms with Crippen molar-refractivity contribution in [2.24, 2.45) is 52.1 Å². The molecule has 1 aromatic rings. The van der Waals surface area contributed by atoms with Gasteiger partial charge in [-0.3, -0.25) is 0 Å². The SMILES string of the molecule is CC.CC(C)CCCC(C)C1CCC2C3CC=C4CC(OC(=O)c5ccccc5)CCC4(C)C3CCC12C.CN. The predicted molar refractivity (Wildman–Crippen MR) is 170 cm³/mol. The molecule has 0 saturated heterocycles. The molecular weight excluding hydrogens is 490 g/mol. The molecule has 0 spiro atoms. The zero-order valence-electron chi connectivity index (χ0n) is 27.2. The van der Waals surface area contributed by atoms with E-state index >= 15 is 0 Å². The highest BCUT2D eigenvalue weighted by Crippen LogP contribution is 2.67. The Morgan fingerprint density at radius 1 is 0.950 bits per heavy atom. The van der Waals surface area contributed by atoms with E-state index in [2.05, 4.69) is 46.4 Å². The maximum atomic E-state index is 12.7. The molecule has 5 rings (SSSR count). The Bertz CT molecular complexity index is 954. The molecule has 3 saturated carbocycles. The van der Waals surface area contributed by atoms with Crippen LogP contribution in [0.25, 0.3) is 0 Å². The van der Waals surface area contributed by atoms with Crippen molar-refractivity contribution in [3.8, 4) is 0 Å². The van der Waals surface area contributed by atoms with Crippen LogP contribution in [-0.2, 0) is 4.74 Å². The standard InChI is InChI=1S/C34H50O2.C2H6.CH5N/c1-23(2)10-9-11-24(3)29-16-17-30-28-15-14-26-22-27(36-32(35)25-12-7-6-8-13-25)18-20-33(26,4)31(28)19-21-34(29,30)5;2*1-2/h6-8,12-14,23-24,27-31H,9-11,15-22H2,1-5H3;1-2H3;2H2,1H3. The van der Waals surface area contributed by atoms with E-state index in [1.807, 2.05) is 44.2 Å². The molecule has 3 nitrogen and oxygen atoms in total. The van der Waals surface area contributed by atoms with E-state index in [0.717, 1.165) is 48.3 Å². The van der Waals surface area contributed by atoms with Crippen molar-refractivity contribution in [3.05, 3.63) is 47.5 Å². The normalized spacial score (nSPS) is 35.0. The van der Waals surface area contributed by atoms with Crippen molar-refractivity contribution in [1.82, 2.24) is 0 Å². The van der Waals surface area contributed by atoms with Crippen LogP contribution in [0.4, 0.5) is 0 Å². The van der Waals surface area contributed by atoms with Gasteiger partial charge >= 0.3 is 5.97 Å². The Morgan fingerprint density at radius 2 is 1.65 bits per heavy atom. The number of hydrogen-bond donors (Lipinski definition) is 1. The maximum absolute atomic E-state index is 12.7. The van der Waals surface area contributed by atoms with Crippen molar-refractivity contribution >= 4 is 5.97 Å². The fraction of sp³-hybridized carbons (Fsp3) is 0.757. The van der Waals surface area contributed by atoms with E-state index in [1.54, 1.807) is 5.57 Å². The zero-order valence-corrected chi connectivity index (χ0v) is 27.2. The minimum atomic E-state index is -0.161. The van der Waals surface area contributed by atoms with Crippen molar-refractivity contribution < 1.29 is 9.53 Å². The third kappa shape index (κ3) is 6.71. The average molecular weight is 552 g/mol. The lowest BCUT2D eigenvalue weighted by molar-refractivity contribution is -0.0594. The number of carbonyl (C=O) groups excluding carboxylic acids is 1. The second kappa shape index (κ2) is 14.5. The minimum Gasteiger partial charge on any atom is -0.458 e. The lowest BCUT2D eigenvalue weighted by atomic mass is 9.47. The van der Waals surface area contributed by atoms with E-state index in [4.69, 9.17) is 4.74 Å². The molecule has 3 heteroatoms. The summed E-state index contributed by atoms with van der Waals surface area (Å²) in [6.45, 7) is 16.6. The van der Waals surface area contributed by atoms with Gasteiger partial charge in [0.25, 0.3) is 0 Å². The molecule has 0 radical (unpaired) electrons. The van der Waals surface area contributed by atoms with Gasteiger partial charge in [0.15, 0.2) is 0 Å². The van der Waals surface area contributed by atoms with Crippen LogP contribution in [-0.4, -0.2) is 19.1 Å². The van der Waals surface area contributed by atoms with Gasteiger partial charge < -0.3 is 10.5 Å². The predicted octanol–water partition coefficient (Wildman–Crippen LogP) is 9.85. The third-order valence-electron chi connectivity index (χ3n) is 11.5. The molecule has 0 amide bonds. The van der Waals surface area contributed by atoms with Gasteiger partial charge in [-0.15, -0.1) is 0 Å². The number of esters is 1. The van der Waals surface area contributed by atoms with Crippen molar-refractivity contribution in [2.45, 2.75) is 125 Å². The number of allylic oxidation sites excluding steroid dienone is 1. The first-order chi connectivity index (χ1) is 19.2. The van der Waals surface area contributed by atoms with Gasteiger partial charge in [-0.2, -0.15) is 0 Å². The summed E-state index contributed by atoms with van der Waals surface area (Å²) >= 11 is 0. The molecular formula is C37H61NO2. The highest BCUT2D eigenvalue weighted by molar-refractivity contribution is 5.89. The van der Waals surface area contributed by atoms with Gasteiger partial charge in [-0.05, 0) is 110 Å². The molecule has 3 fully saturated rings. The van der Waals surface area contributed by atoms with Crippen LogP contribution in [0.3, 0.4) is 0 Å². The second-order valence-electron chi connectivity index (χ2n) is 13.9. The molecule has 40 heavy (non-hydrogen) atoms. The summed E-state index contributed by atoms with van der Waals surface area (Å²) in [4.78, 5) is 12.7. The Hall–Kier alpha value is -1.61. The molecule has 4 aliphatic carbocycles. The van der Waals surface area contributed by atoms with Crippen LogP contribution in [0.5, 0.6) is 0 Å². The number of carbonyl (C=O) groups is 1. The van der Waals surface area contributed by atoms with Gasteiger partial charge in [0.2, 0.25) is 0 Å². The van der Waals surface area contributed by atoms with Crippen LogP contribution in [0.1, 0.15) is 129 Å². The Kier molecular flexibility index (Phi) is 11.9. The number of ether oxygens (including phenoxy) is 1. The van der Waals surface area contributed by atoms with Gasteiger partial charge in [0.05, 0.1) is 5.56 Å². The highest BCUT2D eigenvalue weighted by Gasteiger charge is 2.59. The Labute approximate surface area is 247 Å². The minimum absolute atomic E-state index is 0.0324. The number of hydrogen-bond acceptors (Lipinski definition) is 3. The summed E-state index contributed by atoms with van der Waals surface area (Å²) in [6, 6.07) is 9.49. The van der Waals surface area contributed by atoms with E-state index < -0.39 is 0 Å². The number of nitrogens with two attached hydrogens (primary N) is 1. The largest absolute Gasteiger partial charge is 0.458 e. The molecule has 0 aliphatic heterocycles. The van der Waals surface area contributed by atoms with Crippen molar-refractivity contribution in [1.29, 1.82) is 0 Å². The van der Waals surface area contributed by atoms with Gasteiger partial charge in [-0.1, -0.05) is 97.6 Å². The second-order valence-corrected chi connectivity index (χ2v) is 13.9. The van der Waals surface area contributed by atoms with Crippen molar-refractivity contribution in [2.75, 3.05) is 7.05 Å². The van der Waals surface area contributed by atoms with Crippen LogP contribution in [0.15, 0.2) is 42.0 Å². The smallest absolute Gasteiger partial charge is 0.338 e. The van der Waals surface area contributed by atoms with E-state index in [9.17, 15) is 4.79 Å². The lowest BCUT2D eigenvalue weighted by Crippen LogP contribution is -2.51. The summed E-state index contributed by atoms with van der Waals surface area (Å²) < 4.78 is 6.00. The van der Waals surface area contributed by atoms with E-state index in [0.29, 0.717) is 16.4 Å². The average Bonchev–Trinajstić information content (AvgIpc) is 3.33. The molecule has 0 bridgehead atoms. The van der Waals surface area contributed by atoms with E-state index in [1.165, 1.54) is 64.8 Å². The van der Waals surface area contributed by atoms with Gasteiger partial charge in [-0.25, -0.2) is 4.79 Å². The highest BCUT2D eigenvalue weighted by atomic mass is 16.5. The fourth-order valence-electron chi connectivity index (χ4n) is 9.55. The maximum Gasteiger partial charge on any atom is 0.338 e. The van der Waals surface area contributed by atoms with Gasteiger partial charge in [0, 0.05) is 6.42 Å². The van der Waals surface area contributed by atoms with Crippen molar-refractivity contribution in [3.63, 3.8) is 0 Å². The summed E-state index contributed by atoms with van der Waals surface area (Å²) in [5, 5.41) is 0. The first kappa shape index (κ1) is 32.9. The topological polar surface area (TPSA) is 52.3 Å². The number of benzene rings is 1. The summed E-state index contributed by atoms with van der Waals surface area (Å²) in [7, 11) is 1.50. The monoisotopic (exact) mass is 551 g/mol. The van der Waals surface area contributed by atoms with Crippen LogP contribution < -0.4 is 5.73 Å². The molecule has 0 heterocycles. The Balaban J connectivity index is 0.00000106. The Morgan fingerprint density at radius 3 is 2.33 bits per heavy atom. The summed E-state index contributed by atoms with van der Waals surface area (Å²) in [5.74, 6) is 5.03. The van der Waals surface area contributed by atoms with Crippen LogP contribution in [0, 0.1) is 46.3 Å². The number of fused-ring (bicyclic) bond motifs is 5. The fourth-order valence-corrected chi connectivity index (χ4v) is 9.55. The molecule has 2 N–H and O–H groups in total. The zero-order chi connectivity index (χ0) is 29.5. The lowest BCUT2D eigenvalue weighted by Gasteiger charge is -2.58. The van der Waals surface area contributed by atoms with E-state index in [-0.39, 0.29) is 12.1 Å². The first-order valence-electron chi connectivity index (χ1n) is 16.8. The third-order valence-corrected chi connectivity index (χ3v) is 11.5. The first-order valence-corrected chi connectivity index (χ1v) is 16.8. The molecule has 1 aromatic carbocycles. The van der Waals surface area contributed by atoms with Gasteiger partial charge in [0.1, 0.15) is 6.10 Å². The molecule has 8 unspecified atom stereocenters. The molecule has 8 atom stereocenters.